The zero-order valence-corrected chi connectivity index (χ0v) is 11.5. The van der Waals surface area contributed by atoms with Crippen molar-refractivity contribution in [1.82, 2.24) is 15.0 Å². The summed E-state index contributed by atoms with van der Waals surface area (Å²) in [5, 5.41) is 0. The second kappa shape index (κ2) is 5.32. The van der Waals surface area contributed by atoms with Crippen LogP contribution in [0, 0.1) is 0 Å². The van der Waals surface area contributed by atoms with Crippen LogP contribution in [-0.2, 0) is 0 Å². The van der Waals surface area contributed by atoms with Gasteiger partial charge in [-0.1, -0.05) is 6.07 Å². The smallest absolute Gasteiger partial charge is 0.232 e. The normalized spacial score (nSPS) is 14.8. The zero-order chi connectivity index (χ0) is 13.9. The minimum Gasteiger partial charge on any atom is -0.481 e. The van der Waals surface area contributed by atoms with Crippen molar-refractivity contribution in [1.29, 1.82) is 0 Å². The van der Waals surface area contributed by atoms with Gasteiger partial charge in [0, 0.05) is 30.9 Å². The molecule has 0 atom stereocenters. The number of hydrogen-bond donors (Lipinski definition) is 0. The summed E-state index contributed by atoms with van der Waals surface area (Å²) in [5.74, 6) is 2.08. The first kappa shape index (κ1) is 12.7. The zero-order valence-electron chi connectivity index (χ0n) is 11.5. The van der Waals surface area contributed by atoms with Crippen LogP contribution in [-0.4, -0.2) is 42.3 Å². The largest absolute Gasteiger partial charge is 0.481 e. The van der Waals surface area contributed by atoms with Crippen molar-refractivity contribution >= 4 is 5.95 Å². The molecule has 3 heterocycles. The maximum Gasteiger partial charge on any atom is 0.232 e. The number of pyridine rings is 1. The average molecular weight is 272 g/mol. The molecular formula is C14H16N4O2. The lowest BCUT2D eigenvalue weighted by atomic mass is 9.96. The molecule has 0 unspecified atom stereocenters. The molecule has 1 fully saturated rings. The second-order valence-electron chi connectivity index (χ2n) is 4.61. The van der Waals surface area contributed by atoms with Gasteiger partial charge in [-0.25, -0.2) is 0 Å². The van der Waals surface area contributed by atoms with Crippen LogP contribution in [0.1, 0.15) is 11.6 Å². The number of hydrogen-bond acceptors (Lipinski definition) is 6. The van der Waals surface area contributed by atoms with Crippen molar-refractivity contribution < 1.29 is 9.47 Å². The van der Waals surface area contributed by atoms with Crippen molar-refractivity contribution in [2.75, 3.05) is 32.2 Å². The number of nitrogens with zero attached hydrogens (tertiary/aromatic N) is 4. The third-order valence-electron chi connectivity index (χ3n) is 3.36. The molecule has 0 aromatic carbocycles. The predicted molar refractivity (Wildman–Crippen MR) is 74.3 cm³/mol. The molecule has 0 amide bonds. The fraction of sp³-hybridized carbons (Fsp3) is 0.357. The summed E-state index contributed by atoms with van der Waals surface area (Å²) >= 11 is 0. The molecule has 20 heavy (non-hydrogen) atoms. The quantitative estimate of drug-likeness (QED) is 0.840. The van der Waals surface area contributed by atoms with Crippen LogP contribution >= 0.6 is 0 Å². The van der Waals surface area contributed by atoms with Crippen LogP contribution in [0.25, 0.3) is 0 Å². The Morgan fingerprint density at radius 2 is 1.80 bits per heavy atom. The van der Waals surface area contributed by atoms with Gasteiger partial charge < -0.3 is 14.4 Å². The number of anilines is 1. The van der Waals surface area contributed by atoms with E-state index >= 15 is 0 Å². The molecule has 6 nitrogen and oxygen atoms in total. The first-order valence-electron chi connectivity index (χ1n) is 6.43. The summed E-state index contributed by atoms with van der Waals surface area (Å²) in [5.41, 5.74) is 1.11. The summed E-state index contributed by atoms with van der Waals surface area (Å²) < 4.78 is 10.3. The topological polar surface area (TPSA) is 60.4 Å². The summed E-state index contributed by atoms with van der Waals surface area (Å²) in [4.78, 5) is 15.2. The highest BCUT2D eigenvalue weighted by Gasteiger charge is 2.31. The molecule has 0 N–H and O–H groups in total. The lowest BCUT2D eigenvalue weighted by molar-refractivity contribution is 0.369. The number of methoxy groups -OCH3 is 2. The van der Waals surface area contributed by atoms with E-state index in [2.05, 4.69) is 25.9 Å². The standard InChI is InChI=1S/C14H16N4O2/c1-19-12-7-13(20-2)17-14(16-12)18-8-10(9-18)11-5-3-4-6-15-11/h3-7,10H,8-9H2,1-2H3. The summed E-state index contributed by atoms with van der Waals surface area (Å²) in [6.07, 6.45) is 1.82. The van der Waals surface area contributed by atoms with E-state index in [0.717, 1.165) is 18.8 Å². The van der Waals surface area contributed by atoms with Gasteiger partial charge in [-0.05, 0) is 12.1 Å². The van der Waals surface area contributed by atoms with Crippen LogP contribution < -0.4 is 14.4 Å². The predicted octanol–water partition coefficient (Wildman–Crippen LogP) is 1.49. The molecule has 0 bridgehead atoms. The molecule has 1 aliphatic rings. The first-order valence-corrected chi connectivity index (χ1v) is 6.43. The molecule has 6 heteroatoms. The van der Waals surface area contributed by atoms with Gasteiger partial charge in [-0.15, -0.1) is 0 Å². The summed E-state index contributed by atoms with van der Waals surface area (Å²) in [7, 11) is 3.16. The highest BCUT2D eigenvalue weighted by molar-refractivity contribution is 5.42. The SMILES string of the molecule is COc1cc(OC)nc(N2CC(c3ccccn3)C2)n1. The Bertz CT molecular complexity index is 563. The maximum atomic E-state index is 5.16. The third-order valence-corrected chi connectivity index (χ3v) is 3.36. The van der Waals surface area contributed by atoms with Crippen molar-refractivity contribution in [2.24, 2.45) is 0 Å². The molecule has 1 aliphatic heterocycles. The highest BCUT2D eigenvalue weighted by Crippen LogP contribution is 2.30. The minimum atomic E-state index is 0.428. The highest BCUT2D eigenvalue weighted by atomic mass is 16.5. The molecule has 2 aromatic rings. The van der Waals surface area contributed by atoms with Crippen LogP contribution in [0.2, 0.25) is 0 Å². The van der Waals surface area contributed by atoms with Gasteiger partial charge in [-0.2, -0.15) is 9.97 Å². The third kappa shape index (κ3) is 2.36. The molecule has 0 saturated carbocycles. The van der Waals surface area contributed by atoms with Crippen LogP contribution in [0.15, 0.2) is 30.5 Å². The van der Waals surface area contributed by atoms with E-state index < -0.39 is 0 Å². The molecule has 0 aliphatic carbocycles. The van der Waals surface area contributed by atoms with Crippen LogP contribution in [0.5, 0.6) is 11.8 Å². The average Bonchev–Trinajstić information content (AvgIpc) is 2.46. The Kier molecular flexibility index (Phi) is 3.37. The van der Waals surface area contributed by atoms with Crippen LogP contribution in [0.3, 0.4) is 0 Å². The second-order valence-corrected chi connectivity index (χ2v) is 4.61. The Morgan fingerprint density at radius 1 is 1.10 bits per heavy atom. The molecule has 104 valence electrons. The van der Waals surface area contributed by atoms with Crippen molar-refractivity contribution in [3.05, 3.63) is 36.2 Å². The molecule has 2 aromatic heterocycles. The van der Waals surface area contributed by atoms with E-state index in [1.54, 1.807) is 20.3 Å². The van der Waals surface area contributed by atoms with Gasteiger partial charge in [0.2, 0.25) is 17.7 Å². The van der Waals surface area contributed by atoms with Gasteiger partial charge in [-0.3, -0.25) is 4.98 Å². The van der Waals surface area contributed by atoms with Crippen molar-refractivity contribution in [3.8, 4) is 11.8 Å². The fourth-order valence-electron chi connectivity index (χ4n) is 2.19. The molecular weight excluding hydrogens is 256 g/mol. The Hall–Kier alpha value is -2.37. The van der Waals surface area contributed by atoms with E-state index in [9.17, 15) is 0 Å². The van der Waals surface area contributed by atoms with Crippen molar-refractivity contribution in [3.63, 3.8) is 0 Å². The van der Waals surface area contributed by atoms with Gasteiger partial charge in [0.15, 0.2) is 0 Å². The Morgan fingerprint density at radius 3 is 2.35 bits per heavy atom. The summed E-state index contributed by atoms with van der Waals surface area (Å²) in [6.45, 7) is 1.71. The fourth-order valence-corrected chi connectivity index (χ4v) is 2.19. The summed E-state index contributed by atoms with van der Waals surface area (Å²) in [6, 6.07) is 7.65. The maximum absolute atomic E-state index is 5.16. The van der Waals surface area contributed by atoms with Gasteiger partial charge in [0.05, 0.1) is 20.3 Å². The number of rotatable bonds is 4. The first-order chi connectivity index (χ1) is 9.80. The van der Waals surface area contributed by atoms with E-state index in [-0.39, 0.29) is 0 Å². The Labute approximate surface area is 117 Å². The van der Waals surface area contributed by atoms with Gasteiger partial charge >= 0.3 is 0 Å². The van der Waals surface area contributed by atoms with E-state index in [4.69, 9.17) is 9.47 Å². The van der Waals surface area contributed by atoms with Crippen molar-refractivity contribution in [2.45, 2.75) is 5.92 Å². The molecule has 0 radical (unpaired) electrons. The molecule has 0 spiro atoms. The van der Waals surface area contributed by atoms with Gasteiger partial charge in [0.1, 0.15) is 0 Å². The lowest BCUT2D eigenvalue weighted by Gasteiger charge is -2.38. The minimum absolute atomic E-state index is 0.428. The molecule has 3 rings (SSSR count). The van der Waals surface area contributed by atoms with E-state index in [1.165, 1.54) is 0 Å². The Balaban J connectivity index is 1.73. The van der Waals surface area contributed by atoms with E-state index in [1.807, 2.05) is 18.3 Å². The lowest BCUT2D eigenvalue weighted by Crippen LogP contribution is -2.46. The number of aromatic nitrogens is 3. The molecule has 1 saturated heterocycles. The van der Waals surface area contributed by atoms with Gasteiger partial charge in [0.25, 0.3) is 0 Å². The van der Waals surface area contributed by atoms with Crippen LogP contribution in [0.4, 0.5) is 5.95 Å². The number of ether oxygens (including phenoxy) is 2. The van der Waals surface area contributed by atoms with E-state index in [0.29, 0.717) is 23.6 Å². The monoisotopic (exact) mass is 272 g/mol.